The number of quaternary nitrogens is 1. The molecule has 0 atom stereocenters. The fourth-order valence-electron chi connectivity index (χ4n) is 3.74. The number of amides is 1. The maximum atomic E-state index is 12.7. The lowest BCUT2D eigenvalue weighted by atomic mass is 9.77. The summed E-state index contributed by atoms with van der Waals surface area (Å²) in [5, 5.41) is 0. The minimum Gasteiger partial charge on any atom is -0.399 e. The largest absolute Gasteiger partial charge is 0.399 e. The van der Waals surface area contributed by atoms with Crippen molar-refractivity contribution in [3.05, 3.63) is 29.8 Å². The van der Waals surface area contributed by atoms with E-state index in [-0.39, 0.29) is 23.0 Å². The summed E-state index contributed by atoms with van der Waals surface area (Å²) in [6, 6.07) is 7.45. The van der Waals surface area contributed by atoms with Crippen molar-refractivity contribution in [2.75, 3.05) is 19.8 Å². The minimum atomic E-state index is 0.0798. The van der Waals surface area contributed by atoms with Crippen LogP contribution in [0, 0.1) is 0 Å². The molecule has 0 bridgehead atoms. The number of carbonyl (C=O) groups is 1. The molecule has 1 saturated heterocycles. The van der Waals surface area contributed by atoms with Gasteiger partial charge in [-0.05, 0) is 52.0 Å². The second-order valence-electron chi connectivity index (χ2n) is 7.99. The number of rotatable bonds is 2. The molecule has 0 aromatic heterocycles. The number of nitrogens with one attached hydrogen (secondary N) is 1. The molecule has 4 heteroatoms. The van der Waals surface area contributed by atoms with Gasteiger partial charge in [-0.1, -0.05) is 0 Å². The van der Waals surface area contributed by atoms with Crippen LogP contribution in [0.3, 0.4) is 0 Å². The molecule has 1 aromatic carbocycles. The number of nitrogens with two attached hydrogens (primary N) is 1. The van der Waals surface area contributed by atoms with Crippen molar-refractivity contribution in [3.8, 4) is 0 Å². The Morgan fingerprint density at radius 2 is 1.59 bits per heavy atom. The number of benzene rings is 1. The maximum Gasteiger partial charge on any atom is 0.253 e. The van der Waals surface area contributed by atoms with Gasteiger partial charge < -0.3 is 15.5 Å². The van der Waals surface area contributed by atoms with Crippen LogP contribution in [0.1, 0.15) is 50.9 Å². The highest BCUT2D eigenvalue weighted by Gasteiger charge is 2.48. The van der Waals surface area contributed by atoms with Gasteiger partial charge >= 0.3 is 0 Å². The summed E-state index contributed by atoms with van der Waals surface area (Å²) < 4.78 is 0. The van der Waals surface area contributed by atoms with Crippen molar-refractivity contribution in [2.45, 2.75) is 57.7 Å². The van der Waals surface area contributed by atoms with Crippen LogP contribution < -0.4 is 10.6 Å². The van der Waals surface area contributed by atoms with Gasteiger partial charge in [-0.2, -0.15) is 0 Å². The molecule has 2 rings (SSSR count). The van der Waals surface area contributed by atoms with Gasteiger partial charge in [-0.25, -0.2) is 0 Å². The second-order valence-corrected chi connectivity index (χ2v) is 7.99. The number of nitrogen functional groups attached to an aromatic ring is 1. The number of anilines is 1. The van der Waals surface area contributed by atoms with Crippen molar-refractivity contribution in [1.29, 1.82) is 0 Å². The molecule has 0 spiro atoms. The molecule has 1 aliphatic rings. The summed E-state index contributed by atoms with van der Waals surface area (Å²) >= 11 is 0. The molecular weight excluding hydrogens is 274 g/mol. The van der Waals surface area contributed by atoms with E-state index in [0.717, 1.165) is 12.8 Å². The van der Waals surface area contributed by atoms with E-state index in [1.807, 2.05) is 24.1 Å². The third kappa shape index (κ3) is 3.12. The van der Waals surface area contributed by atoms with Crippen LogP contribution in [0.2, 0.25) is 0 Å². The van der Waals surface area contributed by atoms with E-state index >= 15 is 0 Å². The van der Waals surface area contributed by atoms with Crippen LogP contribution in [0.5, 0.6) is 0 Å². The summed E-state index contributed by atoms with van der Waals surface area (Å²) in [6.07, 6.45) is 2.03. The Morgan fingerprint density at radius 1 is 1.14 bits per heavy atom. The first-order valence-electron chi connectivity index (χ1n) is 8.02. The third-order valence-electron chi connectivity index (χ3n) is 5.55. The summed E-state index contributed by atoms with van der Waals surface area (Å²) in [5.41, 5.74) is 7.41. The highest BCUT2D eigenvalue weighted by molar-refractivity contribution is 5.94. The number of carbonyl (C=O) groups excluding carboxylic acids is 1. The number of nitrogens with zero attached hydrogens (tertiary/aromatic N) is 1. The zero-order valence-electron chi connectivity index (χ0n) is 14.7. The number of hydrogen-bond donors (Lipinski definition) is 2. The Balaban J connectivity index is 2.20. The fraction of sp³-hybridized carbons (Fsp3) is 0.611. The van der Waals surface area contributed by atoms with Gasteiger partial charge in [0.1, 0.15) is 0 Å². The van der Waals surface area contributed by atoms with E-state index in [0.29, 0.717) is 11.3 Å². The molecule has 1 heterocycles. The lowest BCUT2D eigenvalue weighted by molar-refractivity contribution is -0.983. The van der Waals surface area contributed by atoms with Crippen molar-refractivity contribution >= 4 is 11.6 Å². The molecule has 1 aromatic rings. The Bertz CT molecular complexity index is 530. The molecule has 22 heavy (non-hydrogen) atoms. The SMILES string of the molecule is CN(C(=O)c1ccc(N)cc1)C1CC(C)(C)[NH+](C)C(C)(C)C1. The monoisotopic (exact) mass is 304 g/mol. The van der Waals surface area contributed by atoms with E-state index in [4.69, 9.17) is 5.73 Å². The first-order chi connectivity index (χ1) is 10.0. The predicted molar refractivity (Wildman–Crippen MR) is 91.0 cm³/mol. The highest BCUT2D eigenvalue weighted by atomic mass is 16.2. The Hall–Kier alpha value is -1.55. The molecule has 1 fully saturated rings. The van der Waals surface area contributed by atoms with E-state index in [9.17, 15) is 4.79 Å². The van der Waals surface area contributed by atoms with Crippen molar-refractivity contribution < 1.29 is 9.69 Å². The molecule has 1 aliphatic heterocycles. The quantitative estimate of drug-likeness (QED) is 0.815. The summed E-state index contributed by atoms with van der Waals surface area (Å²) in [4.78, 5) is 16.2. The lowest BCUT2D eigenvalue weighted by Crippen LogP contribution is -3.24. The van der Waals surface area contributed by atoms with Gasteiger partial charge in [0.25, 0.3) is 5.91 Å². The average Bonchev–Trinajstić information content (AvgIpc) is 2.43. The minimum absolute atomic E-state index is 0.0798. The molecular formula is C18H30N3O+. The van der Waals surface area contributed by atoms with Crippen LogP contribution in [0.25, 0.3) is 0 Å². The Morgan fingerprint density at radius 3 is 2.05 bits per heavy atom. The van der Waals surface area contributed by atoms with Gasteiger partial charge in [0.05, 0.1) is 18.1 Å². The number of hydrogen-bond acceptors (Lipinski definition) is 2. The first kappa shape index (κ1) is 16.8. The van der Waals surface area contributed by atoms with Crippen molar-refractivity contribution in [1.82, 2.24) is 4.90 Å². The number of piperidine rings is 1. The molecule has 0 aliphatic carbocycles. The van der Waals surface area contributed by atoms with Crippen LogP contribution in [-0.4, -0.2) is 42.0 Å². The standard InChI is InChI=1S/C18H29N3O/c1-17(2)11-15(12-18(3,4)21(17)6)20(5)16(22)13-7-9-14(19)10-8-13/h7-10,15H,11-12,19H2,1-6H3/p+1. The third-order valence-corrected chi connectivity index (χ3v) is 5.55. The van der Waals surface area contributed by atoms with E-state index in [1.165, 1.54) is 4.90 Å². The lowest BCUT2D eigenvalue weighted by Gasteiger charge is -2.52. The molecule has 0 radical (unpaired) electrons. The van der Waals surface area contributed by atoms with Crippen molar-refractivity contribution in [3.63, 3.8) is 0 Å². The molecule has 0 unspecified atom stereocenters. The maximum absolute atomic E-state index is 12.7. The Kier molecular flexibility index (Phi) is 4.26. The zero-order valence-corrected chi connectivity index (χ0v) is 14.7. The zero-order chi connectivity index (χ0) is 16.7. The van der Waals surface area contributed by atoms with Crippen LogP contribution in [0.15, 0.2) is 24.3 Å². The first-order valence-corrected chi connectivity index (χ1v) is 8.02. The van der Waals surface area contributed by atoms with Gasteiger partial charge in [-0.15, -0.1) is 0 Å². The van der Waals surface area contributed by atoms with E-state index in [2.05, 4.69) is 34.7 Å². The van der Waals surface area contributed by atoms with Gasteiger partial charge in [0, 0.05) is 37.2 Å². The Labute approximate surface area is 134 Å². The summed E-state index contributed by atoms with van der Waals surface area (Å²) in [6.45, 7) is 9.16. The van der Waals surface area contributed by atoms with Crippen LogP contribution in [0.4, 0.5) is 5.69 Å². The second kappa shape index (κ2) is 5.58. The molecule has 0 saturated carbocycles. The van der Waals surface area contributed by atoms with Gasteiger partial charge in [0.15, 0.2) is 0 Å². The topological polar surface area (TPSA) is 50.8 Å². The van der Waals surface area contributed by atoms with Gasteiger partial charge in [-0.3, -0.25) is 4.79 Å². The molecule has 1 amide bonds. The fourth-order valence-corrected chi connectivity index (χ4v) is 3.74. The van der Waals surface area contributed by atoms with Gasteiger partial charge in [0.2, 0.25) is 0 Å². The van der Waals surface area contributed by atoms with Crippen LogP contribution >= 0.6 is 0 Å². The van der Waals surface area contributed by atoms with Crippen LogP contribution in [-0.2, 0) is 0 Å². The number of likely N-dealkylation sites (tertiary alicyclic amines) is 1. The molecule has 3 N–H and O–H groups in total. The van der Waals surface area contributed by atoms with E-state index < -0.39 is 0 Å². The highest BCUT2D eigenvalue weighted by Crippen LogP contribution is 2.27. The van der Waals surface area contributed by atoms with E-state index in [1.54, 1.807) is 12.1 Å². The molecule has 4 nitrogen and oxygen atoms in total. The predicted octanol–water partition coefficient (Wildman–Crippen LogP) is 1.58. The normalized spacial score (nSPS) is 26.5. The summed E-state index contributed by atoms with van der Waals surface area (Å²) in [7, 11) is 4.19. The summed E-state index contributed by atoms with van der Waals surface area (Å²) in [5.74, 6) is 0.0798. The molecule has 122 valence electrons. The smallest absolute Gasteiger partial charge is 0.253 e. The van der Waals surface area contributed by atoms with Crippen molar-refractivity contribution in [2.24, 2.45) is 0 Å². The average molecular weight is 304 g/mol.